The zero-order valence-electron chi connectivity index (χ0n) is 9.00. The first kappa shape index (κ1) is 11.8. The van der Waals surface area contributed by atoms with E-state index >= 15 is 0 Å². The molecule has 0 saturated heterocycles. The fourth-order valence-electron chi connectivity index (χ4n) is 1.59. The lowest BCUT2D eigenvalue weighted by Gasteiger charge is -2.05. The monoisotopic (exact) mass is 249 g/mol. The molecule has 0 heterocycles. The number of rotatable bonds is 2. The van der Waals surface area contributed by atoms with Gasteiger partial charge in [0.2, 0.25) is 0 Å². The maximum atomic E-state index is 12.8. The van der Waals surface area contributed by atoms with Crippen LogP contribution in [0.15, 0.2) is 36.4 Å². The first-order valence-corrected chi connectivity index (χ1v) is 4.95. The molecule has 0 aliphatic carbocycles. The highest BCUT2D eigenvalue weighted by Crippen LogP contribution is 2.35. The number of nitro groups is 1. The van der Waals surface area contributed by atoms with Gasteiger partial charge in [-0.3, -0.25) is 10.1 Å². The van der Waals surface area contributed by atoms with Gasteiger partial charge in [-0.15, -0.1) is 0 Å². The molecule has 0 spiro atoms. The second-order valence-electron chi connectivity index (χ2n) is 3.62. The highest BCUT2D eigenvalue weighted by Gasteiger charge is 2.15. The van der Waals surface area contributed by atoms with Gasteiger partial charge in [0.05, 0.1) is 4.92 Å². The van der Waals surface area contributed by atoms with Crippen LogP contribution in [0, 0.1) is 15.9 Å². The van der Waals surface area contributed by atoms with Crippen molar-refractivity contribution in [2.75, 3.05) is 0 Å². The van der Waals surface area contributed by atoms with Crippen molar-refractivity contribution in [1.82, 2.24) is 0 Å². The van der Waals surface area contributed by atoms with Gasteiger partial charge >= 0.3 is 5.69 Å². The van der Waals surface area contributed by atoms with E-state index < -0.39 is 22.2 Å². The van der Waals surface area contributed by atoms with Crippen LogP contribution in [0.5, 0.6) is 11.5 Å². The summed E-state index contributed by atoms with van der Waals surface area (Å²) >= 11 is 0. The minimum absolute atomic E-state index is 0.250. The summed E-state index contributed by atoms with van der Waals surface area (Å²) in [5.74, 6) is -1.40. The Morgan fingerprint density at radius 1 is 1.06 bits per heavy atom. The van der Waals surface area contributed by atoms with E-state index in [1.807, 2.05) is 0 Å². The Labute approximate surface area is 101 Å². The van der Waals surface area contributed by atoms with E-state index in [-0.39, 0.29) is 11.3 Å². The van der Waals surface area contributed by atoms with Gasteiger partial charge in [0.15, 0.2) is 5.75 Å². The lowest BCUT2D eigenvalue weighted by molar-refractivity contribution is -0.385. The van der Waals surface area contributed by atoms with Crippen molar-refractivity contribution in [2.45, 2.75) is 0 Å². The molecule has 0 unspecified atom stereocenters. The van der Waals surface area contributed by atoms with Crippen LogP contribution in [0.3, 0.4) is 0 Å². The molecule has 0 saturated carbocycles. The van der Waals surface area contributed by atoms with Gasteiger partial charge in [-0.1, -0.05) is 6.07 Å². The number of phenolic OH excluding ortho intramolecular Hbond substituents is 2. The minimum atomic E-state index is -0.737. The first-order valence-electron chi connectivity index (χ1n) is 4.95. The molecular weight excluding hydrogens is 241 g/mol. The SMILES string of the molecule is O=[N+]([O-])c1cc(-c2ccc(F)cc2O)ccc1O. The van der Waals surface area contributed by atoms with E-state index in [4.69, 9.17) is 0 Å². The predicted octanol–water partition coefficient (Wildman–Crippen LogP) is 2.81. The van der Waals surface area contributed by atoms with E-state index in [1.165, 1.54) is 12.1 Å². The minimum Gasteiger partial charge on any atom is -0.507 e. The highest BCUT2D eigenvalue weighted by atomic mass is 19.1. The molecule has 0 bridgehead atoms. The second-order valence-corrected chi connectivity index (χ2v) is 3.62. The number of hydrogen-bond donors (Lipinski definition) is 2. The van der Waals surface area contributed by atoms with Crippen LogP contribution in [-0.4, -0.2) is 15.1 Å². The molecule has 18 heavy (non-hydrogen) atoms. The van der Waals surface area contributed by atoms with E-state index in [2.05, 4.69) is 0 Å². The summed E-state index contributed by atoms with van der Waals surface area (Å²) in [4.78, 5) is 9.93. The van der Waals surface area contributed by atoms with Gasteiger partial charge in [-0.05, 0) is 23.8 Å². The van der Waals surface area contributed by atoms with Gasteiger partial charge in [0, 0.05) is 17.7 Å². The van der Waals surface area contributed by atoms with Crippen molar-refractivity contribution in [3.8, 4) is 22.6 Å². The van der Waals surface area contributed by atoms with Gasteiger partial charge < -0.3 is 10.2 Å². The number of halogens is 1. The van der Waals surface area contributed by atoms with E-state index in [0.717, 1.165) is 24.3 Å². The van der Waals surface area contributed by atoms with Crippen molar-refractivity contribution in [1.29, 1.82) is 0 Å². The van der Waals surface area contributed by atoms with Crippen LogP contribution < -0.4 is 0 Å². The third-order valence-corrected chi connectivity index (χ3v) is 2.44. The Hall–Kier alpha value is -2.63. The molecule has 0 atom stereocenters. The molecule has 2 aromatic carbocycles. The number of hydrogen-bond acceptors (Lipinski definition) is 4. The average molecular weight is 249 g/mol. The van der Waals surface area contributed by atoms with Gasteiger partial charge in [-0.25, -0.2) is 4.39 Å². The molecule has 6 heteroatoms. The van der Waals surface area contributed by atoms with Crippen LogP contribution in [0.25, 0.3) is 11.1 Å². The summed E-state index contributed by atoms with van der Waals surface area (Å²) in [6, 6.07) is 7.01. The Morgan fingerprint density at radius 2 is 1.78 bits per heavy atom. The smallest absolute Gasteiger partial charge is 0.311 e. The van der Waals surface area contributed by atoms with Crippen molar-refractivity contribution >= 4 is 5.69 Å². The molecule has 0 aliphatic rings. The zero-order chi connectivity index (χ0) is 13.3. The molecule has 5 nitrogen and oxygen atoms in total. The van der Waals surface area contributed by atoms with Crippen LogP contribution in [0.1, 0.15) is 0 Å². The number of benzene rings is 2. The lowest BCUT2D eigenvalue weighted by atomic mass is 10.0. The summed E-state index contributed by atoms with van der Waals surface area (Å²) in [5, 5.41) is 29.5. The lowest BCUT2D eigenvalue weighted by Crippen LogP contribution is -1.90. The van der Waals surface area contributed by atoms with Gasteiger partial charge in [0.25, 0.3) is 0 Å². The van der Waals surface area contributed by atoms with Crippen LogP contribution in [-0.2, 0) is 0 Å². The maximum Gasteiger partial charge on any atom is 0.311 e. The fourth-order valence-corrected chi connectivity index (χ4v) is 1.59. The average Bonchev–Trinajstić information content (AvgIpc) is 2.30. The molecule has 0 aromatic heterocycles. The third-order valence-electron chi connectivity index (χ3n) is 2.44. The molecule has 0 fully saturated rings. The van der Waals surface area contributed by atoms with Crippen molar-refractivity contribution in [3.63, 3.8) is 0 Å². The van der Waals surface area contributed by atoms with Gasteiger partial charge in [0.1, 0.15) is 11.6 Å². The summed E-state index contributed by atoms with van der Waals surface area (Å²) in [5.41, 5.74) is 0.0905. The summed E-state index contributed by atoms with van der Waals surface area (Å²) in [6.45, 7) is 0. The maximum absolute atomic E-state index is 12.8. The van der Waals surface area contributed by atoms with Crippen LogP contribution in [0.2, 0.25) is 0 Å². The molecule has 92 valence electrons. The summed E-state index contributed by atoms with van der Waals surface area (Å²) < 4.78 is 12.8. The predicted molar refractivity (Wildman–Crippen MR) is 61.8 cm³/mol. The Balaban J connectivity index is 2.58. The Bertz CT molecular complexity index is 627. The van der Waals surface area contributed by atoms with Gasteiger partial charge in [-0.2, -0.15) is 0 Å². The van der Waals surface area contributed by atoms with Crippen molar-refractivity contribution < 1.29 is 19.5 Å². The fraction of sp³-hybridized carbons (Fsp3) is 0. The highest BCUT2D eigenvalue weighted by molar-refractivity contribution is 5.73. The summed E-state index contributed by atoms with van der Waals surface area (Å²) in [7, 11) is 0. The molecular formula is C12H8FNO4. The molecule has 0 aliphatic heterocycles. The third kappa shape index (κ3) is 2.08. The number of aromatic hydroxyl groups is 2. The number of phenols is 2. The topological polar surface area (TPSA) is 83.6 Å². The summed E-state index contributed by atoms with van der Waals surface area (Å²) in [6.07, 6.45) is 0. The molecule has 2 rings (SSSR count). The number of nitrogens with zero attached hydrogens (tertiary/aromatic N) is 1. The Kier molecular flexibility index (Phi) is 2.85. The quantitative estimate of drug-likeness (QED) is 0.633. The second kappa shape index (κ2) is 4.33. The molecule has 2 N–H and O–H groups in total. The normalized spacial score (nSPS) is 10.3. The molecule has 0 radical (unpaired) electrons. The number of nitro benzene ring substituents is 1. The largest absolute Gasteiger partial charge is 0.507 e. The van der Waals surface area contributed by atoms with Crippen LogP contribution in [0.4, 0.5) is 10.1 Å². The van der Waals surface area contributed by atoms with E-state index in [9.17, 15) is 24.7 Å². The van der Waals surface area contributed by atoms with Crippen molar-refractivity contribution in [2.24, 2.45) is 0 Å². The standard InChI is InChI=1S/C12H8FNO4/c13-8-2-3-9(12(16)6-8)7-1-4-11(15)10(5-7)14(17)18/h1-6,15-16H. The first-order chi connectivity index (χ1) is 8.49. The molecule has 2 aromatic rings. The zero-order valence-corrected chi connectivity index (χ0v) is 9.00. The van der Waals surface area contributed by atoms with E-state index in [0.29, 0.717) is 5.56 Å². The van der Waals surface area contributed by atoms with E-state index in [1.54, 1.807) is 0 Å². The van der Waals surface area contributed by atoms with Crippen LogP contribution >= 0.6 is 0 Å². The molecule has 0 amide bonds. The Morgan fingerprint density at radius 3 is 2.39 bits per heavy atom. The van der Waals surface area contributed by atoms with Crippen molar-refractivity contribution in [3.05, 3.63) is 52.3 Å².